The SMILES string of the molecule is O=C(CCCOc1ccccc1Cl)NC1CCN(c2ccccc2)C1=O. The first-order valence-corrected chi connectivity index (χ1v) is 9.06. The van der Waals surface area contributed by atoms with Gasteiger partial charge in [0.2, 0.25) is 11.8 Å². The molecule has 136 valence electrons. The minimum atomic E-state index is -0.452. The third-order valence-corrected chi connectivity index (χ3v) is 4.56. The molecule has 26 heavy (non-hydrogen) atoms. The van der Waals surface area contributed by atoms with Gasteiger partial charge in [-0.2, -0.15) is 0 Å². The number of carbonyl (C=O) groups excluding carboxylic acids is 2. The predicted octanol–water partition coefficient (Wildman–Crippen LogP) is 3.42. The zero-order valence-corrected chi connectivity index (χ0v) is 15.1. The largest absolute Gasteiger partial charge is 0.492 e. The summed E-state index contributed by atoms with van der Waals surface area (Å²) in [6.45, 7) is 1.01. The number of hydrogen-bond acceptors (Lipinski definition) is 3. The van der Waals surface area contributed by atoms with Gasteiger partial charge in [-0.05, 0) is 37.1 Å². The van der Waals surface area contributed by atoms with Gasteiger partial charge in [-0.3, -0.25) is 9.59 Å². The van der Waals surface area contributed by atoms with Crippen molar-refractivity contribution < 1.29 is 14.3 Å². The van der Waals surface area contributed by atoms with Crippen molar-refractivity contribution in [2.24, 2.45) is 0 Å². The molecule has 0 bridgehead atoms. The van der Waals surface area contributed by atoms with E-state index in [-0.39, 0.29) is 11.8 Å². The highest BCUT2D eigenvalue weighted by Crippen LogP contribution is 2.23. The highest BCUT2D eigenvalue weighted by atomic mass is 35.5. The number of halogens is 1. The highest BCUT2D eigenvalue weighted by Gasteiger charge is 2.33. The maximum Gasteiger partial charge on any atom is 0.249 e. The Balaban J connectivity index is 1.41. The average molecular weight is 373 g/mol. The molecular weight excluding hydrogens is 352 g/mol. The summed E-state index contributed by atoms with van der Waals surface area (Å²) in [6, 6.07) is 16.3. The molecular formula is C20H21ClN2O3. The number of ether oxygens (including phenoxy) is 1. The number of carbonyl (C=O) groups is 2. The Morgan fingerprint density at radius 2 is 1.88 bits per heavy atom. The van der Waals surface area contributed by atoms with Crippen LogP contribution in [0.4, 0.5) is 5.69 Å². The third-order valence-electron chi connectivity index (χ3n) is 4.25. The van der Waals surface area contributed by atoms with E-state index in [0.717, 1.165) is 5.69 Å². The molecule has 2 aromatic rings. The van der Waals surface area contributed by atoms with Gasteiger partial charge < -0.3 is 15.0 Å². The van der Waals surface area contributed by atoms with Crippen molar-refractivity contribution in [3.8, 4) is 5.75 Å². The summed E-state index contributed by atoms with van der Waals surface area (Å²) < 4.78 is 5.57. The van der Waals surface area contributed by atoms with Gasteiger partial charge in [-0.25, -0.2) is 0 Å². The van der Waals surface area contributed by atoms with Gasteiger partial charge in [-0.15, -0.1) is 0 Å². The summed E-state index contributed by atoms with van der Waals surface area (Å²) in [5.41, 5.74) is 0.863. The molecule has 0 saturated carbocycles. The quantitative estimate of drug-likeness (QED) is 0.757. The van der Waals surface area contributed by atoms with E-state index in [1.165, 1.54) is 0 Å². The summed E-state index contributed by atoms with van der Waals surface area (Å²) >= 11 is 6.01. The van der Waals surface area contributed by atoms with Crippen LogP contribution in [0.1, 0.15) is 19.3 Å². The lowest BCUT2D eigenvalue weighted by molar-refractivity contribution is -0.126. The van der Waals surface area contributed by atoms with Gasteiger partial charge in [0.15, 0.2) is 0 Å². The second kappa shape index (κ2) is 8.72. The molecule has 2 aromatic carbocycles. The number of nitrogens with zero attached hydrogens (tertiary/aromatic N) is 1. The summed E-state index contributed by atoms with van der Waals surface area (Å²) in [7, 11) is 0. The molecule has 2 amide bonds. The van der Waals surface area contributed by atoms with Crippen LogP contribution in [0.25, 0.3) is 0 Å². The second-order valence-electron chi connectivity index (χ2n) is 6.12. The summed E-state index contributed by atoms with van der Waals surface area (Å²) in [4.78, 5) is 26.3. The van der Waals surface area contributed by atoms with Crippen LogP contribution in [0.5, 0.6) is 5.75 Å². The van der Waals surface area contributed by atoms with Gasteiger partial charge in [-0.1, -0.05) is 41.9 Å². The molecule has 5 nitrogen and oxygen atoms in total. The smallest absolute Gasteiger partial charge is 0.249 e. The standard InChI is InChI=1S/C20H21ClN2O3/c21-16-9-4-5-10-18(16)26-14-6-11-19(24)22-17-12-13-23(20(17)25)15-7-2-1-3-8-15/h1-5,7-10,17H,6,11-14H2,(H,22,24). The molecule has 0 spiro atoms. The van der Waals surface area contributed by atoms with Crippen LogP contribution >= 0.6 is 11.6 Å². The molecule has 1 aliphatic heterocycles. The van der Waals surface area contributed by atoms with Crippen LogP contribution < -0.4 is 15.0 Å². The van der Waals surface area contributed by atoms with E-state index < -0.39 is 6.04 Å². The van der Waals surface area contributed by atoms with Crippen molar-refractivity contribution >= 4 is 29.1 Å². The Hall–Kier alpha value is -2.53. The van der Waals surface area contributed by atoms with Crippen LogP contribution in [-0.4, -0.2) is 31.0 Å². The average Bonchev–Trinajstić information content (AvgIpc) is 3.01. The van der Waals surface area contributed by atoms with Gasteiger partial charge in [0, 0.05) is 18.7 Å². The lowest BCUT2D eigenvalue weighted by Gasteiger charge is -2.17. The molecule has 0 aliphatic carbocycles. The van der Waals surface area contributed by atoms with E-state index in [2.05, 4.69) is 5.32 Å². The predicted molar refractivity (Wildman–Crippen MR) is 102 cm³/mol. The normalized spacial score (nSPS) is 16.6. The zero-order valence-electron chi connectivity index (χ0n) is 14.4. The van der Waals surface area contributed by atoms with Crippen molar-refractivity contribution in [1.82, 2.24) is 5.32 Å². The van der Waals surface area contributed by atoms with E-state index in [9.17, 15) is 9.59 Å². The first-order valence-electron chi connectivity index (χ1n) is 8.68. The number of hydrogen-bond donors (Lipinski definition) is 1. The summed E-state index contributed by atoms with van der Waals surface area (Å²) in [5.74, 6) is 0.414. The maximum absolute atomic E-state index is 12.5. The topological polar surface area (TPSA) is 58.6 Å². The number of amides is 2. The molecule has 1 unspecified atom stereocenters. The molecule has 0 aromatic heterocycles. The second-order valence-corrected chi connectivity index (χ2v) is 6.52. The van der Waals surface area contributed by atoms with Crippen molar-refractivity contribution in [2.75, 3.05) is 18.1 Å². The Kier molecular flexibility index (Phi) is 6.12. The molecule has 0 radical (unpaired) electrons. The van der Waals surface area contributed by atoms with Gasteiger partial charge in [0.1, 0.15) is 11.8 Å². The van der Waals surface area contributed by atoms with Gasteiger partial charge in [0.05, 0.1) is 11.6 Å². The monoisotopic (exact) mass is 372 g/mol. The van der Waals surface area contributed by atoms with Crippen LogP contribution in [0.15, 0.2) is 54.6 Å². The Morgan fingerprint density at radius 3 is 2.65 bits per heavy atom. The maximum atomic E-state index is 12.5. The molecule has 1 atom stereocenters. The first-order chi connectivity index (χ1) is 12.6. The van der Waals surface area contributed by atoms with Crippen molar-refractivity contribution in [3.05, 3.63) is 59.6 Å². The van der Waals surface area contributed by atoms with Gasteiger partial charge in [0.25, 0.3) is 0 Å². The fourth-order valence-electron chi connectivity index (χ4n) is 2.92. The van der Waals surface area contributed by atoms with Crippen molar-refractivity contribution in [1.29, 1.82) is 0 Å². The number of rotatable bonds is 7. The molecule has 1 aliphatic rings. The highest BCUT2D eigenvalue weighted by molar-refractivity contribution is 6.32. The molecule has 1 heterocycles. The molecule has 1 saturated heterocycles. The van der Waals surface area contributed by atoms with E-state index in [4.69, 9.17) is 16.3 Å². The lowest BCUT2D eigenvalue weighted by Crippen LogP contribution is -2.41. The Bertz CT molecular complexity index is 767. The van der Waals surface area contributed by atoms with E-state index in [0.29, 0.717) is 43.2 Å². The van der Waals surface area contributed by atoms with Crippen LogP contribution in [0, 0.1) is 0 Å². The number of anilines is 1. The van der Waals surface area contributed by atoms with Crippen LogP contribution in [0.2, 0.25) is 5.02 Å². The Morgan fingerprint density at radius 1 is 1.15 bits per heavy atom. The fourth-order valence-corrected chi connectivity index (χ4v) is 3.11. The minimum absolute atomic E-state index is 0.0585. The minimum Gasteiger partial charge on any atom is -0.492 e. The van der Waals surface area contributed by atoms with Gasteiger partial charge >= 0.3 is 0 Å². The fraction of sp³-hybridized carbons (Fsp3) is 0.300. The third kappa shape index (κ3) is 4.55. The molecule has 3 rings (SSSR count). The summed E-state index contributed by atoms with van der Waals surface area (Å²) in [5, 5.41) is 3.38. The lowest BCUT2D eigenvalue weighted by atomic mass is 10.2. The van der Waals surface area contributed by atoms with Crippen molar-refractivity contribution in [2.45, 2.75) is 25.3 Å². The zero-order chi connectivity index (χ0) is 18.4. The van der Waals surface area contributed by atoms with E-state index >= 15 is 0 Å². The van der Waals surface area contributed by atoms with E-state index in [1.807, 2.05) is 42.5 Å². The summed E-state index contributed by atoms with van der Waals surface area (Å²) in [6.07, 6.45) is 1.48. The number of nitrogens with one attached hydrogen (secondary N) is 1. The molecule has 1 fully saturated rings. The number of benzene rings is 2. The van der Waals surface area contributed by atoms with Crippen molar-refractivity contribution in [3.63, 3.8) is 0 Å². The molecule has 1 N–H and O–H groups in total. The van der Waals surface area contributed by atoms with Crippen LogP contribution in [0.3, 0.4) is 0 Å². The number of para-hydroxylation sites is 2. The molecule has 6 heteroatoms. The first kappa shape index (κ1) is 18.3. The Labute approximate surface area is 157 Å². The van der Waals surface area contributed by atoms with E-state index in [1.54, 1.807) is 17.0 Å². The van der Waals surface area contributed by atoms with Crippen LogP contribution in [-0.2, 0) is 9.59 Å².